The summed E-state index contributed by atoms with van der Waals surface area (Å²) in [7, 11) is 4.14. The first-order valence-electron chi connectivity index (χ1n) is 7.86. The predicted molar refractivity (Wildman–Crippen MR) is 89.1 cm³/mol. The van der Waals surface area contributed by atoms with Gasteiger partial charge in [-0.3, -0.25) is 0 Å². The number of carbonyl (C=O) groups is 1. The van der Waals surface area contributed by atoms with Crippen LogP contribution in [-0.4, -0.2) is 67.1 Å². The van der Waals surface area contributed by atoms with Crippen LogP contribution in [0.25, 0.3) is 0 Å². The minimum absolute atomic E-state index is 0.000683. The Kier molecular flexibility index (Phi) is 5.60. The maximum atomic E-state index is 12.3. The number of anilines is 1. The van der Waals surface area contributed by atoms with Gasteiger partial charge >= 0.3 is 6.03 Å². The second-order valence-electron chi connectivity index (χ2n) is 6.30. The molecule has 22 heavy (non-hydrogen) atoms. The van der Waals surface area contributed by atoms with Crippen LogP contribution in [0, 0.1) is 0 Å². The first kappa shape index (κ1) is 16.5. The zero-order valence-electron chi connectivity index (χ0n) is 14.0. The van der Waals surface area contributed by atoms with Crippen molar-refractivity contribution >= 4 is 11.8 Å². The largest absolute Gasteiger partial charge is 0.353 e. The third-order valence-electron chi connectivity index (χ3n) is 3.68. The lowest BCUT2D eigenvalue weighted by Gasteiger charge is -2.25. The molecule has 0 bridgehead atoms. The van der Waals surface area contributed by atoms with Gasteiger partial charge < -0.3 is 20.0 Å². The van der Waals surface area contributed by atoms with E-state index >= 15 is 0 Å². The Morgan fingerprint density at radius 3 is 2.86 bits per heavy atom. The summed E-state index contributed by atoms with van der Waals surface area (Å²) in [5, 5.41) is 2.98. The van der Waals surface area contributed by atoms with Gasteiger partial charge in [-0.05, 0) is 34.0 Å². The van der Waals surface area contributed by atoms with Gasteiger partial charge in [0.25, 0.3) is 0 Å². The number of nitrogens with one attached hydrogen (secondary N) is 1. The fourth-order valence-corrected chi connectivity index (χ4v) is 2.52. The van der Waals surface area contributed by atoms with Gasteiger partial charge in [-0.25, -0.2) is 9.78 Å². The Morgan fingerprint density at radius 1 is 1.41 bits per heavy atom. The molecule has 1 aromatic rings. The van der Waals surface area contributed by atoms with Gasteiger partial charge in [-0.1, -0.05) is 6.07 Å². The number of rotatable bonds is 4. The maximum absolute atomic E-state index is 12.3. The molecular weight excluding hydrogens is 278 g/mol. The molecular formula is C16H27N5O. The summed E-state index contributed by atoms with van der Waals surface area (Å²) in [6, 6.07) is 4.15. The normalized spacial score (nSPS) is 15.0. The van der Waals surface area contributed by atoms with Crippen molar-refractivity contribution in [2.24, 2.45) is 0 Å². The van der Waals surface area contributed by atoms with Crippen LogP contribution < -0.4 is 10.2 Å². The van der Waals surface area contributed by atoms with E-state index in [0.717, 1.165) is 31.0 Å². The Morgan fingerprint density at radius 2 is 2.18 bits per heavy atom. The smallest absolute Gasteiger partial charge is 0.317 e. The molecule has 1 aliphatic heterocycles. The number of hydrogen-bond acceptors (Lipinski definition) is 4. The van der Waals surface area contributed by atoms with Crippen LogP contribution in [0.15, 0.2) is 18.3 Å². The average Bonchev–Trinajstić information content (AvgIpc) is 2.64. The number of carbonyl (C=O) groups excluding carboxylic acids is 1. The van der Waals surface area contributed by atoms with Crippen LogP contribution in [0.3, 0.4) is 0 Å². The SMILES string of the molecule is CC(C)NC(=O)N1CCN(CCN(C)C)c2ncccc2C1. The maximum Gasteiger partial charge on any atom is 0.317 e. The zero-order chi connectivity index (χ0) is 16.1. The van der Waals surface area contributed by atoms with Gasteiger partial charge in [0.2, 0.25) is 0 Å². The van der Waals surface area contributed by atoms with E-state index in [4.69, 9.17) is 0 Å². The molecule has 0 saturated carbocycles. The van der Waals surface area contributed by atoms with Crippen molar-refractivity contribution in [2.75, 3.05) is 45.2 Å². The minimum atomic E-state index is -0.000683. The molecule has 1 N–H and O–H groups in total. The van der Waals surface area contributed by atoms with Crippen molar-refractivity contribution in [3.63, 3.8) is 0 Å². The van der Waals surface area contributed by atoms with E-state index in [1.165, 1.54) is 0 Å². The third kappa shape index (κ3) is 4.34. The van der Waals surface area contributed by atoms with Gasteiger partial charge in [0.1, 0.15) is 5.82 Å². The van der Waals surface area contributed by atoms with E-state index in [2.05, 4.69) is 40.3 Å². The standard InChI is InChI=1S/C16H27N5O/c1-13(2)18-16(22)21-11-10-20(9-8-19(3)4)15-14(12-21)6-5-7-17-15/h5-7,13H,8-12H2,1-4H3,(H,18,22). The van der Waals surface area contributed by atoms with Gasteiger partial charge in [-0.2, -0.15) is 0 Å². The number of fused-ring (bicyclic) bond motifs is 1. The van der Waals surface area contributed by atoms with Crippen molar-refractivity contribution in [3.05, 3.63) is 23.9 Å². The molecule has 1 aliphatic rings. The third-order valence-corrected chi connectivity index (χ3v) is 3.68. The molecule has 2 amide bonds. The summed E-state index contributed by atoms with van der Waals surface area (Å²) in [6.45, 7) is 7.97. The van der Waals surface area contributed by atoms with Crippen LogP contribution in [0.5, 0.6) is 0 Å². The lowest BCUT2D eigenvalue weighted by atomic mass is 10.2. The number of aromatic nitrogens is 1. The summed E-state index contributed by atoms with van der Waals surface area (Å²) < 4.78 is 0. The summed E-state index contributed by atoms with van der Waals surface area (Å²) in [5.74, 6) is 1.00. The van der Waals surface area contributed by atoms with E-state index < -0.39 is 0 Å². The van der Waals surface area contributed by atoms with E-state index in [-0.39, 0.29) is 12.1 Å². The number of nitrogens with zero attached hydrogens (tertiary/aromatic N) is 4. The topological polar surface area (TPSA) is 51.7 Å². The number of pyridine rings is 1. The number of hydrogen-bond donors (Lipinski definition) is 1. The van der Waals surface area contributed by atoms with E-state index in [9.17, 15) is 4.79 Å². The molecule has 0 atom stereocenters. The van der Waals surface area contributed by atoms with Gasteiger partial charge in [0, 0.05) is 44.0 Å². The number of amides is 2. The first-order chi connectivity index (χ1) is 10.5. The molecule has 0 aromatic carbocycles. The molecule has 6 heteroatoms. The van der Waals surface area contributed by atoms with E-state index in [0.29, 0.717) is 13.1 Å². The van der Waals surface area contributed by atoms with Crippen molar-refractivity contribution in [2.45, 2.75) is 26.4 Å². The fraction of sp³-hybridized carbons (Fsp3) is 0.625. The van der Waals surface area contributed by atoms with Gasteiger partial charge in [-0.15, -0.1) is 0 Å². The highest BCUT2D eigenvalue weighted by atomic mass is 16.2. The summed E-state index contributed by atoms with van der Waals surface area (Å²) in [6.07, 6.45) is 1.82. The lowest BCUT2D eigenvalue weighted by molar-refractivity contribution is 0.195. The second kappa shape index (κ2) is 7.45. The molecule has 6 nitrogen and oxygen atoms in total. The lowest BCUT2D eigenvalue weighted by Crippen LogP contribution is -2.44. The molecule has 0 aliphatic carbocycles. The van der Waals surface area contributed by atoms with Crippen LogP contribution in [0.4, 0.5) is 10.6 Å². The predicted octanol–water partition coefficient (Wildman–Crippen LogP) is 1.38. The summed E-state index contributed by atoms with van der Waals surface area (Å²) in [5.41, 5.74) is 1.11. The molecule has 0 fully saturated rings. The van der Waals surface area contributed by atoms with Crippen molar-refractivity contribution < 1.29 is 4.79 Å². The molecule has 0 radical (unpaired) electrons. The van der Waals surface area contributed by atoms with E-state index in [1.807, 2.05) is 31.0 Å². The molecule has 0 unspecified atom stereocenters. The summed E-state index contributed by atoms with van der Waals surface area (Å²) >= 11 is 0. The van der Waals surface area contributed by atoms with Gasteiger partial charge in [0.15, 0.2) is 0 Å². The molecule has 122 valence electrons. The number of likely N-dealkylation sites (N-methyl/N-ethyl adjacent to an activating group) is 1. The summed E-state index contributed by atoms with van der Waals surface area (Å²) in [4.78, 5) is 23.2. The molecule has 1 aromatic heterocycles. The van der Waals surface area contributed by atoms with Gasteiger partial charge in [0.05, 0.1) is 6.54 Å². The fourth-order valence-electron chi connectivity index (χ4n) is 2.52. The van der Waals surface area contributed by atoms with Crippen LogP contribution >= 0.6 is 0 Å². The Labute approximate surface area is 133 Å². The average molecular weight is 305 g/mol. The highest BCUT2D eigenvalue weighted by Crippen LogP contribution is 2.22. The van der Waals surface area contributed by atoms with E-state index in [1.54, 1.807) is 0 Å². The Balaban J connectivity index is 2.15. The Bertz CT molecular complexity index is 503. The van der Waals surface area contributed by atoms with Crippen LogP contribution in [-0.2, 0) is 6.54 Å². The van der Waals surface area contributed by atoms with Crippen molar-refractivity contribution in [3.8, 4) is 0 Å². The molecule has 2 rings (SSSR count). The van der Waals surface area contributed by atoms with Crippen molar-refractivity contribution in [1.82, 2.24) is 20.1 Å². The highest BCUT2D eigenvalue weighted by molar-refractivity contribution is 5.75. The van der Waals surface area contributed by atoms with Crippen LogP contribution in [0.1, 0.15) is 19.4 Å². The second-order valence-corrected chi connectivity index (χ2v) is 6.30. The Hall–Kier alpha value is -1.82. The van der Waals surface area contributed by atoms with Crippen molar-refractivity contribution in [1.29, 1.82) is 0 Å². The quantitative estimate of drug-likeness (QED) is 0.913. The zero-order valence-corrected chi connectivity index (χ0v) is 14.0. The molecule has 0 saturated heterocycles. The molecule has 0 spiro atoms. The first-order valence-corrected chi connectivity index (χ1v) is 7.86. The number of urea groups is 1. The monoisotopic (exact) mass is 305 g/mol. The molecule has 2 heterocycles. The minimum Gasteiger partial charge on any atom is -0.353 e. The van der Waals surface area contributed by atoms with Crippen LogP contribution in [0.2, 0.25) is 0 Å². The highest BCUT2D eigenvalue weighted by Gasteiger charge is 2.23.